The molecule has 1 aliphatic rings. The van der Waals surface area contributed by atoms with Gasteiger partial charge in [0.15, 0.2) is 5.82 Å². The molecule has 1 fully saturated rings. The molecule has 1 saturated heterocycles. The number of aromatic nitrogens is 2. The molecule has 0 atom stereocenters. The summed E-state index contributed by atoms with van der Waals surface area (Å²) < 4.78 is 18.5. The summed E-state index contributed by atoms with van der Waals surface area (Å²) in [6.07, 6.45) is 1.38. The Kier molecular flexibility index (Phi) is 7.29. The summed E-state index contributed by atoms with van der Waals surface area (Å²) in [6, 6.07) is 16.6. The molecule has 0 unspecified atom stereocenters. The van der Waals surface area contributed by atoms with Gasteiger partial charge in [-0.15, -0.1) is 0 Å². The number of methoxy groups -OCH3 is 1. The van der Waals surface area contributed by atoms with Gasteiger partial charge >= 0.3 is 0 Å². The molecule has 1 aliphatic heterocycles. The number of nitrogens with zero attached hydrogens (tertiary/aromatic N) is 4. The Hall–Kier alpha value is -3.32. The summed E-state index contributed by atoms with van der Waals surface area (Å²) in [5, 5.41) is 0. The maximum Gasteiger partial charge on any atom is 0.248 e. The number of benzene rings is 2. The van der Waals surface area contributed by atoms with Gasteiger partial charge in [-0.1, -0.05) is 49.4 Å². The predicted octanol–water partition coefficient (Wildman–Crippen LogP) is 3.73. The molecule has 3 aromatic rings. The third-order valence-corrected chi connectivity index (χ3v) is 5.93. The Bertz CT molecular complexity index is 1080. The summed E-state index contributed by atoms with van der Waals surface area (Å²) in [7, 11) is 1.54. The Morgan fingerprint density at radius 1 is 1.00 bits per heavy atom. The molecule has 0 spiro atoms. The highest BCUT2D eigenvalue weighted by Gasteiger charge is 2.25. The van der Waals surface area contributed by atoms with Crippen molar-refractivity contribution in [3.63, 3.8) is 0 Å². The zero-order chi connectivity index (χ0) is 23.2. The highest BCUT2D eigenvalue weighted by Crippen LogP contribution is 2.29. The van der Waals surface area contributed by atoms with E-state index in [9.17, 15) is 9.18 Å². The van der Waals surface area contributed by atoms with Crippen LogP contribution in [0.1, 0.15) is 23.7 Å². The van der Waals surface area contributed by atoms with Crippen molar-refractivity contribution >= 4 is 11.7 Å². The number of carbonyl (C=O) groups is 1. The van der Waals surface area contributed by atoms with Crippen molar-refractivity contribution in [1.82, 2.24) is 14.9 Å². The molecule has 4 rings (SSSR count). The van der Waals surface area contributed by atoms with Gasteiger partial charge in [0.25, 0.3) is 0 Å². The minimum atomic E-state index is -0.248. The number of hydrogen-bond acceptors (Lipinski definition) is 5. The van der Waals surface area contributed by atoms with Crippen LogP contribution in [-0.2, 0) is 22.4 Å². The number of piperazine rings is 1. The van der Waals surface area contributed by atoms with Crippen molar-refractivity contribution in [2.24, 2.45) is 0 Å². The van der Waals surface area contributed by atoms with E-state index in [0.29, 0.717) is 38.4 Å². The largest absolute Gasteiger partial charge is 0.375 e. The number of ether oxygens (including phenoxy) is 1. The van der Waals surface area contributed by atoms with Crippen molar-refractivity contribution in [2.45, 2.75) is 19.8 Å². The van der Waals surface area contributed by atoms with Crippen molar-refractivity contribution in [2.75, 3.05) is 44.8 Å². The van der Waals surface area contributed by atoms with Gasteiger partial charge in [-0.25, -0.2) is 14.4 Å². The zero-order valence-corrected chi connectivity index (χ0v) is 19.1. The summed E-state index contributed by atoms with van der Waals surface area (Å²) in [5.41, 5.74) is 4.02. The Morgan fingerprint density at radius 2 is 1.70 bits per heavy atom. The molecular formula is C26H29FN4O2. The molecule has 2 aromatic carbocycles. The van der Waals surface area contributed by atoms with Crippen molar-refractivity contribution in [3.05, 3.63) is 77.2 Å². The van der Waals surface area contributed by atoms with E-state index in [2.05, 4.69) is 11.8 Å². The molecule has 0 bridgehead atoms. The molecule has 2 heterocycles. The molecule has 172 valence electrons. The van der Waals surface area contributed by atoms with Crippen LogP contribution in [0.3, 0.4) is 0 Å². The van der Waals surface area contributed by atoms with E-state index in [0.717, 1.165) is 34.6 Å². The molecule has 0 saturated carbocycles. The molecule has 1 aromatic heterocycles. The fraction of sp³-hybridized carbons (Fsp3) is 0.346. The second-order valence-corrected chi connectivity index (χ2v) is 8.12. The molecular weight excluding hydrogens is 419 g/mol. The lowest BCUT2D eigenvalue weighted by molar-refractivity contribution is -0.135. The fourth-order valence-electron chi connectivity index (χ4n) is 4.16. The van der Waals surface area contributed by atoms with Gasteiger partial charge in [-0.3, -0.25) is 4.79 Å². The minimum Gasteiger partial charge on any atom is -0.375 e. The smallest absolute Gasteiger partial charge is 0.248 e. The van der Waals surface area contributed by atoms with Crippen LogP contribution < -0.4 is 4.90 Å². The maximum atomic E-state index is 13.5. The second-order valence-electron chi connectivity index (χ2n) is 8.12. The lowest BCUT2D eigenvalue weighted by Gasteiger charge is -2.36. The highest BCUT2D eigenvalue weighted by molar-refractivity contribution is 5.77. The Morgan fingerprint density at radius 3 is 2.33 bits per heavy atom. The number of hydrogen-bond donors (Lipinski definition) is 0. The molecule has 6 nitrogen and oxygen atoms in total. The topological polar surface area (TPSA) is 58.6 Å². The van der Waals surface area contributed by atoms with Gasteiger partial charge in [0, 0.05) is 56.5 Å². The predicted molar refractivity (Wildman–Crippen MR) is 127 cm³/mol. The Balaban J connectivity index is 1.70. The van der Waals surface area contributed by atoms with Crippen LogP contribution in [0.15, 0.2) is 54.6 Å². The lowest BCUT2D eigenvalue weighted by atomic mass is 10.0. The first-order valence-corrected chi connectivity index (χ1v) is 11.3. The molecule has 0 aliphatic carbocycles. The normalized spacial score (nSPS) is 13.9. The van der Waals surface area contributed by atoms with Gasteiger partial charge in [-0.2, -0.15) is 0 Å². The van der Waals surface area contributed by atoms with Crippen molar-refractivity contribution in [1.29, 1.82) is 0 Å². The van der Waals surface area contributed by atoms with Crippen LogP contribution in [0.25, 0.3) is 11.4 Å². The third-order valence-electron chi connectivity index (χ3n) is 5.93. The summed E-state index contributed by atoms with van der Waals surface area (Å²) >= 11 is 0. The monoisotopic (exact) mass is 448 g/mol. The molecule has 1 amide bonds. The zero-order valence-electron chi connectivity index (χ0n) is 19.1. The maximum absolute atomic E-state index is 13.5. The van der Waals surface area contributed by atoms with E-state index in [1.54, 1.807) is 0 Å². The Labute approximate surface area is 194 Å². The van der Waals surface area contributed by atoms with Gasteiger partial charge in [-0.05, 0) is 24.1 Å². The van der Waals surface area contributed by atoms with Gasteiger partial charge < -0.3 is 14.5 Å². The van der Waals surface area contributed by atoms with Crippen molar-refractivity contribution < 1.29 is 13.9 Å². The van der Waals surface area contributed by atoms with Gasteiger partial charge in [0.2, 0.25) is 5.91 Å². The number of halogens is 1. The summed E-state index contributed by atoms with van der Waals surface area (Å²) in [5.74, 6) is 1.35. The molecule has 33 heavy (non-hydrogen) atoms. The van der Waals surface area contributed by atoms with Gasteiger partial charge in [0.05, 0.1) is 0 Å². The number of amides is 1. The van der Waals surface area contributed by atoms with E-state index in [1.165, 1.54) is 19.2 Å². The van der Waals surface area contributed by atoms with E-state index in [-0.39, 0.29) is 18.3 Å². The van der Waals surface area contributed by atoms with Crippen LogP contribution in [0.4, 0.5) is 10.2 Å². The number of carbonyl (C=O) groups excluding carboxylic acids is 1. The summed E-state index contributed by atoms with van der Waals surface area (Å²) in [4.78, 5) is 26.2. The SMILES string of the molecule is CCc1nc(-c2ccccc2)nc(N2CCN(C(=O)COC)CC2)c1Cc1ccc(F)cc1. The van der Waals surface area contributed by atoms with Crippen LogP contribution in [0.2, 0.25) is 0 Å². The molecule has 7 heteroatoms. The average Bonchev–Trinajstić information content (AvgIpc) is 2.86. The van der Waals surface area contributed by atoms with Crippen LogP contribution >= 0.6 is 0 Å². The standard InChI is InChI=1S/C26H29FN4O2/c1-3-23-22(17-19-9-11-21(27)12-10-19)26(29-25(28-23)20-7-5-4-6-8-20)31-15-13-30(14-16-31)24(32)18-33-2/h4-12H,3,13-18H2,1-2H3. The quantitative estimate of drug-likeness (QED) is 0.551. The third kappa shape index (κ3) is 5.37. The minimum absolute atomic E-state index is 0.00518. The number of anilines is 1. The van der Waals surface area contributed by atoms with Crippen molar-refractivity contribution in [3.8, 4) is 11.4 Å². The first-order chi connectivity index (χ1) is 16.1. The first-order valence-electron chi connectivity index (χ1n) is 11.3. The molecule has 0 radical (unpaired) electrons. The first kappa shape index (κ1) is 22.9. The van der Waals surface area contributed by atoms with Crippen LogP contribution in [-0.4, -0.2) is 60.7 Å². The average molecular weight is 449 g/mol. The van der Waals surface area contributed by atoms with E-state index in [1.807, 2.05) is 47.4 Å². The van der Waals surface area contributed by atoms with E-state index in [4.69, 9.17) is 14.7 Å². The number of aryl methyl sites for hydroxylation is 1. The molecule has 0 N–H and O–H groups in total. The van der Waals surface area contributed by atoms with Gasteiger partial charge in [0.1, 0.15) is 18.2 Å². The lowest BCUT2D eigenvalue weighted by Crippen LogP contribution is -2.50. The van der Waals surface area contributed by atoms with Crippen LogP contribution in [0, 0.1) is 5.82 Å². The number of rotatable bonds is 7. The van der Waals surface area contributed by atoms with Crippen LogP contribution in [0.5, 0.6) is 0 Å². The fourth-order valence-corrected chi connectivity index (χ4v) is 4.16. The van der Waals surface area contributed by atoms with E-state index < -0.39 is 0 Å². The van der Waals surface area contributed by atoms with E-state index >= 15 is 0 Å². The summed E-state index contributed by atoms with van der Waals surface area (Å²) in [6.45, 7) is 4.78. The highest BCUT2D eigenvalue weighted by atomic mass is 19.1. The second kappa shape index (κ2) is 10.5.